The summed E-state index contributed by atoms with van der Waals surface area (Å²) in [6.45, 7) is 8.47. The minimum Gasteiger partial charge on any atom is -0.481 e. The third kappa shape index (κ3) is 3.64. The van der Waals surface area contributed by atoms with Crippen molar-refractivity contribution < 1.29 is 14.7 Å². The van der Waals surface area contributed by atoms with E-state index >= 15 is 0 Å². The van der Waals surface area contributed by atoms with Gasteiger partial charge in [0.25, 0.3) is 0 Å². The highest BCUT2D eigenvalue weighted by Gasteiger charge is 2.41. The molecule has 0 aromatic heterocycles. The van der Waals surface area contributed by atoms with Crippen LogP contribution in [0, 0.1) is 10.8 Å². The molecule has 1 rings (SSSR count). The molecule has 0 bridgehead atoms. The molecule has 1 unspecified atom stereocenters. The topological polar surface area (TPSA) is 69.6 Å². The van der Waals surface area contributed by atoms with Gasteiger partial charge in [-0.25, -0.2) is 4.79 Å². The average molecular weight is 284 g/mol. The fourth-order valence-electron chi connectivity index (χ4n) is 2.64. The van der Waals surface area contributed by atoms with Crippen molar-refractivity contribution in [3.63, 3.8) is 0 Å². The van der Waals surface area contributed by atoms with Gasteiger partial charge in [-0.15, -0.1) is 0 Å². The van der Waals surface area contributed by atoms with Gasteiger partial charge in [0.15, 0.2) is 0 Å². The number of rotatable bonds is 4. The van der Waals surface area contributed by atoms with Gasteiger partial charge in [-0.3, -0.25) is 4.79 Å². The van der Waals surface area contributed by atoms with E-state index in [-0.39, 0.29) is 24.0 Å². The van der Waals surface area contributed by atoms with Crippen LogP contribution >= 0.6 is 0 Å². The Labute approximate surface area is 121 Å². The number of carbonyl (C=O) groups excluding carboxylic acids is 1. The highest BCUT2D eigenvalue weighted by Crippen LogP contribution is 2.37. The minimum absolute atomic E-state index is 0.00999. The average Bonchev–Trinajstić information content (AvgIpc) is 2.83. The molecule has 5 heteroatoms. The van der Waals surface area contributed by atoms with Crippen molar-refractivity contribution in [2.75, 3.05) is 13.6 Å². The van der Waals surface area contributed by atoms with Crippen LogP contribution in [0.1, 0.15) is 53.4 Å². The maximum atomic E-state index is 12.2. The molecule has 0 heterocycles. The second-order valence-electron chi connectivity index (χ2n) is 7.10. The van der Waals surface area contributed by atoms with Gasteiger partial charge in [0.2, 0.25) is 0 Å². The number of carboxylic acids is 1. The zero-order valence-corrected chi connectivity index (χ0v) is 13.3. The Morgan fingerprint density at radius 2 is 1.80 bits per heavy atom. The van der Waals surface area contributed by atoms with Crippen LogP contribution in [0.25, 0.3) is 0 Å². The largest absolute Gasteiger partial charge is 0.481 e. The predicted octanol–water partition coefficient (Wildman–Crippen LogP) is 2.71. The predicted molar refractivity (Wildman–Crippen MR) is 78.6 cm³/mol. The lowest BCUT2D eigenvalue weighted by atomic mass is 9.86. The highest BCUT2D eigenvalue weighted by atomic mass is 16.4. The molecule has 0 aliphatic heterocycles. The van der Waals surface area contributed by atoms with Crippen LogP contribution in [-0.2, 0) is 4.79 Å². The van der Waals surface area contributed by atoms with Crippen molar-refractivity contribution in [1.82, 2.24) is 10.2 Å². The number of carbonyl (C=O) groups is 2. The molecule has 116 valence electrons. The summed E-state index contributed by atoms with van der Waals surface area (Å²) in [7, 11) is 1.76. The van der Waals surface area contributed by atoms with E-state index in [1.54, 1.807) is 11.9 Å². The summed E-state index contributed by atoms with van der Waals surface area (Å²) in [6.07, 6.45) is 3.16. The van der Waals surface area contributed by atoms with Gasteiger partial charge >= 0.3 is 12.0 Å². The Morgan fingerprint density at radius 1 is 1.30 bits per heavy atom. The van der Waals surface area contributed by atoms with Crippen molar-refractivity contribution in [3.05, 3.63) is 0 Å². The Morgan fingerprint density at radius 3 is 2.20 bits per heavy atom. The Balaban J connectivity index is 2.60. The van der Waals surface area contributed by atoms with Gasteiger partial charge in [0.1, 0.15) is 0 Å². The fourth-order valence-corrected chi connectivity index (χ4v) is 2.64. The molecule has 0 aromatic carbocycles. The molecule has 1 fully saturated rings. The van der Waals surface area contributed by atoms with Crippen molar-refractivity contribution in [2.24, 2.45) is 10.8 Å². The summed E-state index contributed by atoms with van der Waals surface area (Å²) >= 11 is 0. The van der Waals surface area contributed by atoms with Crippen LogP contribution < -0.4 is 5.32 Å². The first-order valence-electron chi connectivity index (χ1n) is 7.34. The van der Waals surface area contributed by atoms with Gasteiger partial charge in [-0.2, -0.15) is 0 Å². The second-order valence-corrected chi connectivity index (χ2v) is 7.10. The first kappa shape index (κ1) is 16.8. The van der Waals surface area contributed by atoms with Gasteiger partial charge in [-0.05, 0) is 25.2 Å². The molecule has 1 aliphatic carbocycles. The zero-order chi connectivity index (χ0) is 15.6. The number of aliphatic carboxylic acids is 1. The van der Waals surface area contributed by atoms with Crippen LogP contribution in [0.3, 0.4) is 0 Å². The normalized spacial score (nSPS) is 19.4. The molecule has 0 saturated heterocycles. The van der Waals surface area contributed by atoms with Crippen LogP contribution in [0.4, 0.5) is 4.79 Å². The first-order valence-corrected chi connectivity index (χ1v) is 7.34. The summed E-state index contributed by atoms with van der Waals surface area (Å²) in [5.41, 5.74) is -0.772. The van der Waals surface area contributed by atoms with Crippen molar-refractivity contribution >= 4 is 12.0 Å². The summed E-state index contributed by atoms with van der Waals surface area (Å²) in [5, 5.41) is 12.2. The molecule has 0 aromatic rings. The van der Waals surface area contributed by atoms with E-state index in [1.807, 2.05) is 6.92 Å². The molecule has 2 amide bonds. The number of hydrogen-bond acceptors (Lipinski definition) is 2. The van der Waals surface area contributed by atoms with Crippen LogP contribution in [0.5, 0.6) is 0 Å². The van der Waals surface area contributed by atoms with Gasteiger partial charge in [0.05, 0.1) is 5.41 Å². The molecule has 2 N–H and O–H groups in total. The third-order valence-electron chi connectivity index (χ3n) is 4.75. The maximum Gasteiger partial charge on any atom is 0.317 e. The summed E-state index contributed by atoms with van der Waals surface area (Å²) in [6, 6.07) is -0.119. The smallest absolute Gasteiger partial charge is 0.317 e. The summed E-state index contributed by atoms with van der Waals surface area (Å²) in [5.74, 6) is -0.790. The number of amides is 2. The molecule has 5 nitrogen and oxygen atoms in total. The standard InChI is InChI=1S/C15H28N2O3/c1-11(14(2,3)4)17(5)13(20)16-10-15(12(18)19)8-6-7-9-15/h11H,6-10H2,1-5H3,(H,16,20)(H,18,19). The lowest BCUT2D eigenvalue weighted by Crippen LogP contribution is -2.50. The SMILES string of the molecule is CC(N(C)C(=O)NCC1(C(=O)O)CCCC1)C(C)(C)C. The Bertz CT molecular complexity index is 368. The van der Waals surface area contributed by atoms with E-state index in [1.165, 1.54) is 0 Å². The summed E-state index contributed by atoms with van der Waals surface area (Å²) in [4.78, 5) is 25.3. The molecule has 1 saturated carbocycles. The number of nitrogens with zero attached hydrogens (tertiary/aromatic N) is 1. The number of carboxylic acid groups (broad SMARTS) is 1. The molecule has 0 radical (unpaired) electrons. The van der Waals surface area contributed by atoms with Crippen LogP contribution in [-0.4, -0.2) is 41.6 Å². The van der Waals surface area contributed by atoms with Crippen molar-refractivity contribution in [3.8, 4) is 0 Å². The Kier molecular flexibility index (Phi) is 5.05. The first-order chi connectivity index (χ1) is 9.10. The molecular weight excluding hydrogens is 256 g/mol. The third-order valence-corrected chi connectivity index (χ3v) is 4.75. The maximum absolute atomic E-state index is 12.2. The number of hydrogen-bond donors (Lipinski definition) is 2. The molecule has 1 aliphatic rings. The van der Waals surface area contributed by atoms with Gasteiger partial charge in [0, 0.05) is 19.6 Å². The monoisotopic (exact) mass is 284 g/mol. The van der Waals surface area contributed by atoms with Crippen LogP contribution in [0.2, 0.25) is 0 Å². The quantitative estimate of drug-likeness (QED) is 0.834. The van der Waals surface area contributed by atoms with E-state index in [9.17, 15) is 14.7 Å². The summed E-state index contributed by atoms with van der Waals surface area (Å²) < 4.78 is 0. The van der Waals surface area contributed by atoms with E-state index in [2.05, 4.69) is 26.1 Å². The van der Waals surface area contributed by atoms with Crippen molar-refractivity contribution in [1.29, 1.82) is 0 Å². The lowest BCUT2D eigenvalue weighted by Gasteiger charge is -2.36. The van der Waals surface area contributed by atoms with E-state index in [0.717, 1.165) is 12.8 Å². The molecule has 20 heavy (non-hydrogen) atoms. The Hall–Kier alpha value is -1.26. The molecule has 0 spiro atoms. The van der Waals surface area contributed by atoms with Gasteiger partial charge < -0.3 is 15.3 Å². The number of nitrogens with one attached hydrogen (secondary N) is 1. The zero-order valence-electron chi connectivity index (χ0n) is 13.3. The number of urea groups is 1. The minimum atomic E-state index is -0.790. The lowest BCUT2D eigenvalue weighted by molar-refractivity contribution is -0.148. The van der Waals surface area contributed by atoms with E-state index < -0.39 is 11.4 Å². The fraction of sp³-hybridized carbons (Fsp3) is 0.867. The molecule has 1 atom stereocenters. The van der Waals surface area contributed by atoms with Gasteiger partial charge in [-0.1, -0.05) is 33.6 Å². The van der Waals surface area contributed by atoms with Crippen LogP contribution in [0.15, 0.2) is 0 Å². The highest BCUT2D eigenvalue weighted by molar-refractivity contribution is 5.78. The van der Waals surface area contributed by atoms with E-state index in [4.69, 9.17) is 0 Å². The van der Waals surface area contributed by atoms with Crippen molar-refractivity contribution in [2.45, 2.75) is 59.4 Å². The second kappa shape index (κ2) is 6.02. The molecular formula is C15H28N2O3. The van der Waals surface area contributed by atoms with E-state index in [0.29, 0.717) is 12.8 Å².